The number of aliphatic imine (C=N–C) groups is 1. The van der Waals surface area contributed by atoms with E-state index in [4.69, 9.17) is 9.15 Å². The zero-order valence-corrected chi connectivity index (χ0v) is 8.10. The second-order valence-electron chi connectivity index (χ2n) is 3.68. The molecule has 1 fully saturated rings. The Labute approximate surface area is 84.6 Å². The van der Waals surface area contributed by atoms with Crippen LogP contribution in [0.4, 0.5) is 6.01 Å². The van der Waals surface area contributed by atoms with Crippen LogP contribution in [0.25, 0.3) is 5.70 Å². The van der Waals surface area contributed by atoms with E-state index in [1.54, 1.807) is 0 Å². The van der Waals surface area contributed by atoms with Gasteiger partial charge in [0.15, 0.2) is 5.35 Å². The van der Waals surface area contributed by atoms with Gasteiger partial charge in [0.1, 0.15) is 5.70 Å². The van der Waals surface area contributed by atoms with E-state index in [9.17, 15) is 0 Å². The zero-order valence-electron chi connectivity index (χ0n) is 8.10. The highest BCUT2D eigenvalue weighted by atomic mass is 16.6. The molecule has 1 aromatic heterocycles. The summed E-state index contributed by atoms with van der Waals surface area (Å²) < 4.78 is 10.6. The van der Waals surface area contributed by atoms with Crippen molar-refractivity contribution in [3.63, 3.8) is 0 Å². The maximum atomic E-state index is 5.45. The third-order valence-electron chi connectivity index (χ3n) is 2.69. The van der Waals surface area contributed by atoms with Crippen molar-refractivity contribution in [2.75, 3.05) is 6.54 Å². The normalized spacial score (nSPS) is 27.7. The molecule has 6 rings (SSSR count). The third-order valence-corrected chi connectivity index (χ3v) is 2.69. The van der Waals surface area contributed by atoms with Crippen molar-refractivity contribution in [1.82, 2.24) is 9.88 Å². The van der Waals surface area contributed by atoms with E-state index in [1.165, 1.54) is 0 Å². The van der Waals surface area contributed by atoms with Crippen LogP contribution >= 0.6 is 0 Å². The largest absolute Gasteiger partial charge is 0.431 e. The molecule has 6 heteroatoms. The van der Waals surface area contributed by atoms with Gasteiger partial charge in [-0.1, -0.05) is 6.92 Å². The van der Waals surface area contributed by atoms with Crippen LogP contribution in [0.15, 0.2) is 14.4 Å². The van der Waals surface area contributed by atoms with Crippen LogP contribution < -0.4 is 10.9 Å². The fourth-order valence-corrected chi connectivity index (χ4v) is 2.02. The maximum absolute atomic E-state index is 5.45. The molecule has 6 nitrogen and oxygen atoms in total. The molecule has 76 valence electrons. The zero-order chi connectivity index (χ0) is 9.99. The summed E-state index contributed by atoms with van der Waals surface area (Å²) in [5.41, 5.74) is 1.54. The third kappa shape index (κ3) is 0.739. The lowest BCUT2D eigenvalue weighted by Gasteiger charge is -2.19. The number of fused-ring (bicyclic) bond motifs is 2. The van der Waals surface area contributed by atoms with Crippen molar-refractivity contribution in [3.8, 4) is 0 Å². The lowest BCUT2D eigenvalue weighted by molar-refractivity contribution is 0.0685. The molecule has 1 saturated heterocycles. The molecule has 0 amide bonds. The van der Waals surface area contributed by atoms with Crippen LogP contribution in [0, 0.1) is 0 Å². The molecule has 5 aliphatic heterocycles. The van der Waals surface area contributed by atoms with Gasteiger partial charge in [-0.15, -0.1) is 0 Å². The number of hydrogen-bond donors (Lipinski definition) is 0. The quantitative estimate of drug-likeness (QED) is 0.660. The Bertz CT molecular complexity index is 600. The second kappa shape index (κ2) is 2.21. The Hall–Kier alpha value is -1.85. The predicted molar refractivity (Wildman–Crippen MR) is 49.7 cm³/mol. The number of aromatic nitrogens is 1. The minimum absolute atomic E-state index is 0.138. The Morgan fingerprint density at radius 3 is 2.87 bits per heavy atom. The van der Waals surface area contributed by atoms with Crippen LogP contribution in [-0.4, -0.2) is 28.7 Å². The Kier molecular flexibility index (Phi) is 1.10. The van der Waals surface area contributed by atoms with E-state index in [-0.39, 0.29) is 6.35 Å². The number of nitrogens with zero attached hydrogens (tertiary/aromatic N) is 4. The highest BCUT2D eigenvalue weighted by Crippen LogP contribution is 2.32. The first-order valence-electron chi connectivity index (χ1n) is 4.98. The molecule has 0 spiro atoms. The van der Waals surface area contributed by atoms with Crippen LogP contribution in [0.2, 0.25) is 0 Å². The van der Waals surface area contributed by atoms with Gasteiger partial charge in [-0.3, -0.25) is 0 Å². The summed E-state index contributed by atoms with van der Waals surface area (Å²) in [4.78, 5) is 14.7. The van der Waals surface area contributed by atoms with E-state index < -0.39 is 0 Å². The van der Waals surface area contributed by atoms with Crippen molar-refractivity contribution in [1.29, 1.82) is 0 Å². The lowest BCUT2D eigenvalue weighted by Crippen LogP contribution is -2.32. The van der Waals surface area contributed by atoms with Gasteiger partial charge in [0.25, 0.3) is 11.9 Å². The average Bonchev–Trinajstić information content (AvgIpc) is 2.69. The van der Waals surface area contributed by atoms with E-state index in [2.05, 4.69) is 26.8 Å². The van der Waals surface area contributed by atoms with Gasteiger partial charge in [-0.2, -0.15) is 15.0 Å². The maximum Gasteiger partial charge on any atom is 0.327 e. The molecule has 6 heterocycles. The molecule has 0 aliphatic carbocycles. The van der Waals surface area contributed by atoms with Crippen molar-refractivity contribution in [2.45, 2.75) is 19.7 Å². The van der Waals surface area contributed by atoms with Gasteiger partial charge in [0.05, 0.1) is 0 Å². The molecule has 0 saturated carbocycles. The first-order valence-corrected chi connectivity index (χ1v) is 4.98. The average molecular weight is 204 g/mol. The summed E-state index contributed by atoms with van der Waals surface area (Å²) in [6.07, 6.45) is 0.907. The van der Waals surface area contributed by atoms with E-state index >= 15 is 0 Å². The highest BCUT2D eigenvalue weighted by molar-refractivity contribution is 6.17. The lowest BCUT2D eigenvalue weighted by atomic mass is 10.3. The van der Waals surface area contributed by atoms with Crippen molar-refractivity contribution < 1.29 is 9.15 Å². The fraction of sp³-hybridized carbons (Fsp3) is 0.444. The van der Waals surface area contributed by atoms with Gasteiger partial charge < -0.3 is 14.1 Å². The molecular formula is C9H8N4O2. The monoisotopic (exact) mass is 204 g/mol. The van der Waals surface area contributed by atoms with Gasteiger partial charge >= 0.3 is 6.01 Å². The molecule has 1 atom stereocenters. The molecule has 1 aromatic rings. The molecule has 15 heavy (non-hydrogen) atoms. The summed E-state index contributed by atoms with van der Waals surface area (Å²) in [5, 5.41) is 0.775. The van der Waals surface area contributed by atoms with Crippen LogP contribution in [-0.2, 0) is 4.74 Å². The summed E-state index contributed by atoms with van der Waals surface area (Å²) in [6.45, 7) is 3.03. The fourth-order valence-electron chi connectivity index (χ4n) is 2.02. The Morgan fingerprint density at radius 2 is 2.27 bits per heavy atom. The smallest absolute Gasteiger partial charge is 0.327 e. The minimum Gasteiger partial charge on any atom is -0.431 e. The van der Waals surface area contributed by atoms with Gasteiger partial charge in [-0.05, 0) is 6.42 Å². The van der Waals surface area contributed by atoms with E-state index in [1.807, 2.05) is 0 Å². The Morgan fingerprint density at radius 1 is 1.47 bits per heavy atom. The molecule has 4 bridgehead atoms. The molecular weight excluding hydrogens is 196 g/mol. The van der Waals surface area contributed by atoms with Crippen molar-refractivity contribution in [2.24, 2.45) is 9.98 Å². The van der Waals surface area contributed by atoms with Crippen LogP contribution in [0.5, 0.6) is 0 Å². The summed E-state index contributed by atoms with van der Waals surface area (Å²) >= 11 is 0. The standard InChI is InChI=1S/C9H8N4O2/c1-2-3-13-5(7-12-9(13)15-7)4-6-11-8(10-4)14-6/h9H,2-3H2,1H3. The number of ether oxygens (including phenoxy) is 1. The summed E-state index contributed by atoms with van der Waals surface area (Å²) in [5.74, 6) is 0.673. The number of rotatable bonds is 2. The van der Waals surface area contributed by atoms with Gasteiger partial charge in [0.2, 0.25) is 5.90 Å². The molecule has 0 aromatic carbocycles. The Balaban J connectivity index is 1.94. The summed E-state index contributed by atoms with van der Waals surface area (Å²) in [7, 11) is 0. The highest BCUT2D eigenvalue weighted by Gasteiger charge is 2.44. The van der Waals surface area contributed by atoms with E-state index in [0.717, 1.165) is 24.0 Å². The number of oxazole rings is 1. The molecule has 0 N–H and O–H groups in total. The van der Waals surface area contributed by atoms with Gasteiger partial charge in [0, 0.05) is 6.54 Å². The second-order valence-corrected chi connectivity index (χ2v) is 3.68. The molecule has 5 aliphatic rings. The number of hydrogen-bond acceptors (Lipinski definition) is 6. The molecule has 1 unspecified atom stereocenters. The predicted octanol–water partition coefficient (Wildman–Crippen LogP) is -0.515. The SMILES string of the molecule is CCCN1C(=c2nc3oc2=N3)C2=NC1O2. The topological polar surface area (TPSA) is 63.2 Å². The van der Waals surface area contributed by atoms with Crippen LogP contribution in [0.3, 0.4) is 0 Å². The van der Waals surface area contributed by atoms with Gasteiger partial charge in [-0.25, -0.2) is 0 Å². The van der Waals surface area contributed by atoms with Crippen molar-refractivity contribution >= 4 is 17.6 Å². The first kappa shape index (κ1) is 7.44. The summed E-state index contributed by atoms with van der Waals surface area (Å²) in [6, 6.07) is 0.452. The van der Waals surface area contributed by atoms with E-state index in [0.29, 0.717) is 17.5 Å². The molecule has 0 radical (unpaired) electrons. The van der Waals surface area contributed by atoms with Crippen molar-refractivity contribution in [3.05, 3.63) is 10.9 Å². The minimum atomic E-state index is -0.138. The first-order chi connectivity index (χ1) is 7.36. The van der Waals surface area contributed by atoms with Crippen LogP contribution in [0.1, 0.15) is 13.3 Å².